The van der Waals surface area contributed by atoms with Crippen LogP contribution >= 0.6 is 0 Å². The molecule has 3 heteroatoms. The smallest absolute Gasteiger partial charge is 0.175 e. The number of furan rings is 1. The Balaban J connectivity index is 1.89. The van der Waals surface area contributed by atoms with Gasteiger partial charge >= 0.3 is 0 Å². The number of ether oxygens (including phenoxy) is 1. The fourth-order valence-electron chi connectivity index (χ4n) is 2.35. The number of piperidine rings is 1. The van der Waals surface area contributed by atoms with Crippen LogP contribution in [0.2, 0.25) is 0 Å². The first-order chi connectivity index (χ1) is 8.34. The summed E-state index contributed by atoms with van der Waals surface area (Å²) in [6.07, 6.45) is 4.34. The highest BCUT2D eigenvalue weighted by Crippen LogP contribution is 2.30. The SMILES string of the molecule is Cc1coc2c(OC3CCCNC3)cccc12. The second-order valence-electron chi connectivity index (χ2n) is 4.64. The van der Waals surface area contributed by atoms with E-state index in [0.717, 1.165) is 41.8 Å². The summed E-state index contributed by atoms with van der Waals surface area (Å²) in [6.45, 7) is 4.08. The summed E-state index contributed by atoms with van der Waals surface area (Å²) in [4.78, 5) is 0. The third-order valence-electron chi connectivity index (χ3n) is 3.30. The van der Waals surface area contributed by atoms with Crippen molar-refractivity contribution >= 4 is 11.0 Å². The third kappa shape index (κ3) is 2.03. The number of fused-ring (bicyclic) bond motifs is 1. The first kappa shape index (κ1) is 10.7. The Labute approximate surface area is 101 Å². The summed E-state index contributed by atoms with van der Waals surface area (Å²) in [5.41, 5.74) is 2.03. The largest absolute Gasteiger partial charge is 0.485 e. The predicted octanol–water partition coefficient (Wildman–Crippen LogP) is 2.87. The quantitative estimate of drug-likeness (QED) is 0.863. The summed E-state index contributed by atoms with van der Waals surface area (Å²) in [5.74, 6) is 0.865. The number of hydrogen-bond acceptors (Lipinski definition) is 3. The standard InChI is InChI=1S/C14H17NO2/c1-10-9-16-14-12(10)5-2-6-13(14)17-11-4-3-7-15-8-11/h2,5-6,9,11,15H,3-4,7-8H2,1H3. The van der Waals surface area contributed by atoms with E-state index in [2.05, 4.69) is 18.3 Å². The highest BCUT2D eigenvalue weighted by molar-refractivity contribution is 5.85. The van der Waals surface area contributed by atoms with Crippen LogP contribution in [-0.4, -0.2) is 19.2 Å². The van der Waals surface area contributed by atoms with E-state index >= 15 is 0 Å². The zero-order chi connectivity index (χ0) is 11.7. The minimum atomic E-state index is 0.264. The molecule has 2 aromatic rings. The lowest BCUT2D eigenvalue weighted by atomic mass is 10.1. The molecule has 1 N–H and O–H groups in total. The molecule has 1 unspecified atom stereocenters. The second kappa shape index (κ2) is 4.41. The van der Waals surface area contributed by atoms with E-state index in [9.17, 15) is 0 Å². The minimum Gasteiger partial charge on any atom is -0.485 e. The molecule has 1 aromatic heterocycles. The summed E-state index contributed by atoms with van der Waals surface area (Å²) in [5, 5.41) is 4.50. The topological polar surface area (TPSA) is 34.4 Å². The monoisotopic (exact) mass is 231 g/mol. The van der Waals surface area contributed by atoms with E-state index in [-0.39, 0.29) is 6.10 Å². The summed E-state index contributed by atoms with van der Waals surface area (Å²) in [6, 6.07) is 6.08. The van der Waals surface area contributed by atoms with Crippen LogP contribution in [0.3, 0.4) is 0 Å². The molecular weight excluding hydrogens is 214 g/mol. The van der Waals surface area contributed by atoms with Crippen molar-refractivity contribution in [3.63, 3.8) is 0 Å². The Bertz CT molecular complexity index is 512. The number of nitrogens with one attached hydrogen (secondary N) is 1. The zero-order valence-corrected chi connectivity index (χ0v) is 10.0. The minimum absolute atomic E-state index is 0.264. The number of benzene rings is 1. The van der Waals surface area contributed by atoms with Gasteiger partial charge in [0, 0.05) is 11.9 Å². The van der Waals surface area contributed by atoms with E-state index in [1.807, 2.05) is 12.1 Å². The summed E-state index contributed by atoms with van der Waals surface area (Å²) < 4.78 is 11.6. The van der Waals surface area contributed by atoms with E-state index in [0.29, 0.717) is 0 Å². The highest BCUT2D eigenvalue weighted by Gasteiger charge is 2.16. The lowest BCUT2D eigenvalue weighted by Crippen LogP contribution is -2.37. The molecule has 0 amide bonds. The van der Waals surface area contributed by atoms with Gasteiger partial charge in [-0.25, -0.2) is 0 Å². The number of rotatable bonds is 2. The van der Waals surface area contributed by atoms with Crippen LogP contribution in [0.5, 0.6) is 5.75 Å². The van der Waals surface area contributed by atoms with E-state index in [1.54, 1.807) is 6.26 Å². The normalized spacial score (nSPS) is 20.6. The molecule has 3 nitrogen and oxygen atoms in total. The van der Waals surface area contributed by atoms with Gasteiger partial charge in [-0.2, -0.15) is 0 Å². The molecule has 0 bridgehead atoms. The molecule has 3 rings (SSSR count). The molecule has 0 radical (unpaired) electrons. The van der Waals surface area contributed by atoms with Crippen molar-refractivity contribution in [2.24, 2.45) is 0 Å². The van der Waals surface area contributed by atoms with Gasteiger partial charge in [-0.1, -0.05) is 12.1 Å². The van der Waals surface area contributed by atoms with Crippen LogP contribution in [0.15, 0.2) is 28.9 Å². The van der Waals surface area contributed by atoms with Gasteiger partial charge in [0.1, 0.15) is 6.10 Å². The van der Waals surface area contributed by atoms with Crippen LogP contribution in [0.4, 0.5) is 0 Å². The second-order valence-corrected chi connectivity index (χ2v) is 4.64. The molecule has 1 atom stereocenters. The molecular formula is C14H17NO2. The van der Waals surface area contributed by atoms with Crippen molar-refractivity contribution in [1.29, 1.82) is 0 Å². The molecule has 2 heterocycles. The van der Waals surface area contributed by atoms with E-state index < -0.39 is 0 Å². The zero-order valence-electron chi connectivity index (χ0n) is 10.0. The van der Waals surface area contributed by atoms with Crippen LogP contribution in [-0.2, 0) is 0 Å². The lowest BCUT2D eigenvalue weighted by molar-refractivity contribution is 0.167. The lowest BCUT2D eigenvalue weighted by Gasteiger charge is -2.23. The molecule has 1 aliphatic rings. The maximum Gasteiger partial charge on any atom is 0.175 e. The Hall–Kier alpha value is -1.48. The molecule has 1 saturated heterocycles. The van der Waals surface area contributed by atoms with Crippen LogP contribution in [0, 0.1) is 6.92 Å². The van der Waals surface area contributed by atoms with Gasteiger partial charge in [0.05, 0.1) is 6.26 Å². The van der Waals surface area contributed by atoms with E-state index in [4.69, 9.17) is 9.15 Å². The molecule has 1 aliphatic heterocycles. The van der Waals surface area contributed by atoms with Gasteiger partial charge in [0.2, 0.25) is 0 Å². The molecule has 1 fully saturated rings. The van der Waals surface area contributed by atoms with Crippen LogP contribution < -0.4 is 10.1 Å². The first-order valence-corrected chi connectivity index (χ1v) is 6.19. The van der Waals surface area contributed by atoms with Crippen molar-refractivity contribution < 1.29 is 9.15 Å². The van der Waals surface area contributed by atoms with Gasteiger partial charge < -0.3 is 14.5 Å². The summed E-state index contributed by atoms with van der Waals surface area (Å²) in [7, 11) is 0. The number of hydrogen-bond donors (Lipinski definition) is 1. The maximum absolute atomic E-state index is 6.03. The average molecular weight is 231 g/mol. The van der Waals surface area contributed by atoms with Gasteiger partial charge in [-0.3, -0.25) is 0 Å². The van der Waals surface area contributed by atoms with Crippen molar-refractivity contribution in [1.82, 2.24) is 5.32 Å². The van der Waals surface area contributed by atoms with Gasteiger partial charge in [-0.15, -0.1) is 0 Å². The van der Waals surface area contributed by atoms with Crippen molar-refractivity contribution in [3.8, 4) is 5.75 Å². The van der Waals surface area contributed by atoms with Crippen molar-refractivity contribution in [2.75, 3.05) is 13.1 Å². The van der Waals surface area contributed by atoms with Gasteiger partial charge in [-0.05, 0) is 37.9 Å². The molecule has 1 aromatic carbocycles. The first-order valence-electron chi connectivity index (χ1n) is 6.19. The maximum atomic E-state index is 6.03. The predicted molar refractivity (Wildman–Crippen MR) is 67.5 cm³/mol. The third-order valence-corrected chi connectivity index (χ3v) is 3.30. The Morgan fingerprint density at radius 2 is 2.35 bits per heavy atom. The Kier molecular flexibility index (Phi) is 2.77. The molecule has 90 valence electrons. The summed E-state index contributed by atoms with van der Waals surface area (Å²) >= 11 is 0. The van der Waals surface area contributed by atoms with Crippen molar-refractivity contribution in [3.05, 3.63) is 30.0 Å². The molecule has 17 heavy (non-hydrogen) atoms. The van der Waals surface area contributed by atoms with Crippen LogP contribution in [0.25, 0.3) is 11.0 Å². The highest BCUT2D eigenvalue weighted by atomic mass is 16.5. The van der Waals surface area contributed by atoms with E-state index in [1.165, 1.54) is 6.42 Å². The molecule has 0 saturated carbocycles. The Morgan fingerprint density at radius 1 is 1.41 bits per heavy atom. The Morgan fingerprint density at radius 3 is 3.18 bits per heavy atom. The van der Waals surface area contributed by atoms with Gasteiger partial charge in [0.15, 0.2) is 11.3 Å². The molecule has 0 aliphatic carbocycles. The average Bonchev–Trinajstić information content (AvgIpc) is 2.74. The fraction of sp³-hybridized carbons (Fsp3) is 0.429. The fourth-order valence-corrected chi connectivity index (χ4v) is 2.35. The van der Waals surface area contributed by atoms with Gasteiger partial charge in [0.25, 0.3) is 0 Å². The number of aryl methyl sites for hydroxylation is 1. The molecule has 0 spiro atoms. The van der Waals surface area contributed by atoms with Crippen molar-refractivity contribution in [2.45, 2.75) is 25.9 Å². The van der Waals surface area contributed by atoms with Crippen LogP contribution in [0.1, 0.15) is 18.4 Å². The number of para-hydroxylation sites is 1.